The summed E-state index contributed by atoms with van der Waals surface area (Å²) in [5.41, 5.74) is 3.96. The van der Waals surface area contributed by atoms with Gasteiger partial charge in [-0.2, -0.15) is 0 Å². The van der Waals surface area contributed by atoms with Crippen molar-refractivity contribution in [3.63, 3.8) is 0 Å². The molecule has 0 amide bonds. The molecule has 4 rings (SSSR count). The van der Waals surface area contributed by atoms with Gasteiger partial charge in [0.15, 0.2) is 11.5 Å². The van der Waals surface area contributed by atoms with E-state index in [9.17, 15) is 0 Å². The Morgan fingerprint density at radius 2 is 1.93 bits per heavy atom. The summed E-state index contributed by atoms with van der Waals surface area (Å²) in [4.78, 5) is 6.89. The molecule has 1 aliphatic heterocycles. The predicted octanol–water partition coefficient (Wildman–Crippen LogP) is 4.81. The van der Waals surface area contributed by atoms with E-state index in [2.05, 4.69) is 22.0 Å². The maximum absolute atomic E-state index is 6.37. The number of methoxy groups -OCH3 is 2. The van der Waals surface area contributed by atoms with Gasteiger partial charge in [-0.15, -0.1) is 0 Å². The third kappa shape index (κ3) is 4.31. The average Bonchev–Trinajstić information content (AvgIpc) is 2.96. The van der Waals surface area contributed by atoms with Crippen LogP contribution < -0.4 is 14.2 Å². The number of ether oxygens (including phenoxy) is 3. The average molecular weight is 411 g/mol. The van der Waals surface area contributed by atoms with Gasteiger partial charge in [0, 0.05) is 41.9 Å². The van der Waals surface area contributed by atoms with Gasteiger partial charge in [-0.05, 0) is 29.8 Å². The fourth-order valence-corrected chi connectivity index (χ4v) is 3.72. The Kier molecular flexibility index (Phi) is 5.88. The highest BCUT2D eigenvalue weighted by Gasteiger charge is 2.21. The van der Waals surface area contributed by atoms with Crippen LogP contribution in [0, 0.1) is 0 Å². The first-order valence-electron chi connectivity index (χ1n) is 9.49. The van der Waals surface area contributed by atoms with Crippen LogP contribution in [-0.2, 0) is 13.1 Å². The first-order chi connectivity index (χ1) is 14.2. The van der Waals surface area contributed by atoms with E-state index in [1.807, 2.05) is 42.5 Å². The summed E-state index contributed by atoms with van der Waals surface area (Å²) in [5.74, 6) is 2.08. The SMILES string of the molecule is COc1cccc(-c2cc3c(c(OC)c2)OCCN(Cc2ccccc2Cl)C3)n1. The van der Waals surface area contributed by atoms with Gasteiger partial charge in [0.2, 0.25) is 5.88 Å². The number of hydrogen-bond donors (Lipinski definition) is 0. The normalized spacial score (nSPS) is 13.9. The molecule has 0 saturated carbocycles. The molecular formula is C23H23ClN2O3. The minimum Gasteiger partial charge on any atom is -0.493 e. The molecule has 0 unspecified atom stereocenters. The molecule has 0 atom stereocenters. The fraction of sp³-hybridized carbons (Fsp3) is 0.261. The minimum atomic E-state index is 0.577. The monoisotopic (exact) mass is 410 g/mol. The number of rotatable bonds is 5. The van der Waals surface area contributed by atoms with Crippen LogP contribution in [-0.4, -0.2) is 37.3 Å². The van der Waals surface area contributed by atoms with E-state index in [1.54, 1.807) is 14.2 Å². The lowest BCUT2D eigenvalue weighted by Gasteiger charge is -2.20. The van der Waals surface area contributed by atoms with Crippen LogP contribution in [0.5, 0.6) is 17.4 Å². The molecule has 2 aromatic carbocycles. The van der Waals surface area contributed by atoms with Crippen LogP contribution in [0.3, 0.4) is 0 Å². The van der Waals surface area contributed by atoms with Gasteiger partial charge in [-0.1, -0.05) is 35.9 Å². The van der Waals surface area contributed by atoms with Crippen LogP contribution in [0.4, 0.5) is 0 Å². The van der Waals surface area contributed by atoms with Crippen molar-refractivity contribution < 1.29 is 14.2 Å². The molecule has 0 aliphatic carbocycles. The van der Waals surface area contributed by atoms with Gasteiger partial charge in [-0.25, -0.2) is 4.98 Å². The zero-order valence-corrected chi connectivity index (χ0v) is 17.3. The number of benzene rings is 2. The summed E-state index contributed by atoms with van der Waals surface area (Å²) in [6.07, 6.45) is 0. The number of nitrogens with zero attached hydrogens (tertiary/aromatic N) is 2. The summed E-state index contributed by atoms with van der Waals surface area (Å²) in [6, 6.07) is 17.8. The second-order valence-corrected chi connectivity index (χ2v) is 7.29. The molecule has 1 aromatic heterocycles. The van der Waals surface area contributed by atoms with Crippen molar-refractivity contribution in [2.24, 2.45) is 0 Å². The maximum Gasteiger partial charge on any atom is 0.213 e. The van der Waals surface area contributed by atoms with Crippen molar-refractivity contribution in [2.75, 3.05) is 27.4 Å². The second-order valence-electron chi connectivity index (χ2n) is 6.88. The maximum atomic E-state index is 6.37. The van der Waals surface area contributed by atoms with E-state index in [0.717, 1.165) is 52.8 Å². The fourth-order valence-electron chi connectivity index (χ4n) is 3.53. The highest BCUT2D eigenvalue weighted by atomic mass is 35.5. The van der Waals surface area contributed by atoms with Crippen LogP contribution in [0.15, 0.2) is 54.6 Å². The molecule has 0 fully saturated rings. The zero-order chi connectivity index (χ0) is 20.2. The Labute approximate surface area is 175 Å². The van der Waals surface area contributed by atoms with E-state index in [1.165, 1.54) is 0 Å². The van der Waals surface area contributed by atoms with Crippen molar-refractivity contribution >= 4 is 11.6 Å². The highest BCUT2D eigenvalue weighted by Crippen LogP contribution is 2.38. The van der Waals surface area contributed by atoms with Crippen molar-refractivity contribution in [1.82, 2.24) is 9.88 Å². The smallest absolute Gasteiger partial charge is 0.213 e. The van der Waals surface area contributed by atoms with E-state index in [-0.39, 0.29) is 0 Å². The molecule has 3 aromatic rings. The molecule has 0 spiro atoms. The topological polar surface area (TPSA) is 43.8 Å². The standard InChI is InChI=1S/C23H23ClN2O3/c1-27-21-13-17(20-8-5-9-22(25-20)28-2)12-18-15-26(10-11-29-23(18)21)14-16-6-3-4-7-19(16)24/h3-9,12-13H,10-11,14-15H2,1-2H3. The summed E-state index contributed by atoms with van der Waals surface area (Å²) in [5, 5.41) is 0.782. The highest BCUT2D eigenvalue weighted by molar-refractivity contribution is 6.31. The molecule has 5 nitrogen and oxygen atoms in total. The molecule has 29 heavy (non-hydrogen) atoms. The summed E-state index contributed by atoms with van der Waals surface area (Å²) >= 11 is 6.37. The Hall–Kier alpha value is -2.76. The summed E-state index contributed by atoms with van der Waals surface area (Å²) in [6.45, 7) is 2.88. The molecule has 0 N–H and O–H groups in total. The van der Waals surface area contributed by atoms with Crippen molar-refractivity contribution in [1.29, 1.82) is 0 Å². The van der Waals surface area contributed by atoms with Gasteiger partial charge >= 0.3 is 0 Å². The molecule has 0 bridgehead atoms. The van der Waals surface area contributed by atoms with Gasteiger partial charge < -0.3 is 14.2 Å². The van der Waals surface area contributed by atoms with E-state index in [4.69, 9.17) is 25.8 Å². The Bertz CT molecular complexity index is 1010. The summed E-state index contributed by atoms with van der Waals surface area (Å²) < 4.78 is 17.0. The molecule has 6 heteroatoms. The molecule has 0 saturated heterocycles. The largest absolute Gasteiger partial charge is 0.493 e. The molecule has 1 aliphatic rings. The lowest BCUT2D eigenvalue weighted by molar-refractivity contribution is 0.217. The van der Waals surface area contributed by atoms with Crippen molar-refractivity contribution in [3.05, 3.63) is 70.7 Å². The second kappa shape index (κ2) is 8.72. The van der Waals surface area contributed by atoms with E-state index >= 15 is 0 Å². The number of fused-ring (bicyclic) bond motifs is 1. The van der Waals surface area contributed by atoms with Gasteiger partial charge in [0.05, 0.1) is 19.9 Å². The van der Waals surface area contributed by atoms with Crippen LogP contribution in [0.1, 0.15) is 11.1 Å². The number of pyridine rings is 1. The molecular weight excluding hydrogens is 388 g/mol. The Balaban J connectivity index is 1.68. The predicted molar refractivity (Wildman–Crippen MR) is 114 cm³/mol. The Morgan fingerprint density at radius 1 is 1.07 bits per heavy atom. The number of hydrogen-bond acceptors (Lipinski definition) is 5. The summed E-state index contributed by atoms with van der Waals surface area (Å²) in [7, 11) is 3.28. The molecule has 150 valence electrons. The first-order valence-corrected chi connectivity index (χ1v) is 9.86. The third-order valence-electron chi connectivity index (χ3n) is 4.98. The Morgan fingerprint density at radius 3 is 2.72 bits per heavy atom. The van der Waals surface area contributed by atoms with Gasteiger partial charge in [0.1, 0.15) is 6.61 Å². The number of halogens is 1. The lowest BCUT2D eigenvalue weighted by atomic mass is 10.0. The first kappa shape index (κ1) is 19.6. The van der Waals surface area contributed by atoms with Crippen LogP contribution in [0.2, 0.25) is 5.02 Å². The third-order valence-corrected chi connectivity index (χ3v) is 5.35. The molecule has 0 radical (unpaired) electrons. The van der Waals surface area contributed by atoms with Crippen LogP contribution >= 0.6 is 11.6 Å². The van der Waals surface area contributed by atoms with Gasteiger partial charge in [-0.3, -0.25) is 4.90 Å². The quantitative estimate of drug-likeness (QED) is 0.603. The van der Waals surface area contributed by atoms with Crippen LogP contribution in [0.25, 0.3) is 11.3 Å². The van der Waals surface area contributed by atoms with Gasteiger partial charge in [0.25, 0.3) is 0 Å². The zero-order valence-electron chi connectivity index (χ0n) is 16.5. The van der Waals surface area contributed by atoms with Crippen molar-refractivity contribution in [2.45, 2.75) is 13.1 Å². The number of aromatic nitrogens is 1. The lowest BCUT2D eigenvalue weighted by Crippen LogP contribution is -2.25. The van der Waals surface area contributed by atoms with E-state index in [0.29, 0.717) is 18.2 Å². The molecule has 2 heterocycles. The van der Waals surface area contributed by atoms with Crippen molar-refractivity contribution in [3.8, 4) is 28.6 Å². The van der Waals surface area contributed by atoms with E-state index < -0.39 is 0 Å². The minimum absolute atomic E-state index is 0.577.